The van der Waals surface area contributed by atoms with Crippen LogP contribution in [0, 0.1) is 0 Å². The highest BCUT2D eigenvalue weighted by Crippen LogP contribution is 2.52. The van der Waals surface area contributed by atoms with E-state index in [1.165, 1.54) is 5.56 Å². The summed E-state index contributed by atoms with van der Waals surface area (Å²) in [4.78, 5) is 6.56. The molecule has 1 aliphatic rings. The van der Waals surface area contributed by atoms with Crippen molar-refractivity contribution in [2.24, 2.45) is 0 Å². The second-order valence-electron chi connectivity index (χ2n) is 5.46. The number of aromatic nitrogens is 2. The van der Waals surface area contributed by atoms with E-state index in [1.54, 1.807) is 0 Å². The lowest BCUT2D eigenvalue weighted by molar-refractivity contribution is 0.339. The lowest BCUT2D eigenvalue weighted by atomic mass is 9.96. The lowest BCUT2D eigenvalue weighted by Crippen LogP contribution is -2.13. The molecule has 1 aromatic heterocycles. The molecule has 1 saturated carbocycles. The van der Waals surface area contributed by atoms with E-state index < -0.39 is 0 Å². The predicted molar refractivity (Wildman–Crippen MR) is 72.6 cm³/mol. The van der Waals surface area contributed by atoms with E-state index in [1.807, 2.05) is 31.1 Å². The fourth-order valence-corrected chi connectivity index (χ4v) is 2.35. The summed E-state index contributed by atoms with van der Waals surface area (Å²) in [5.41, 5.74) is 7.64. The molecule has 0 atom stereocenters. The number of rotatable bonds is 4. The zero-order chi connectivity index (χ0) is 13.5. The van der Waals surface area contributed by atoms with Gasteiger partial charge < -0.3 is 15.2 Å². The van der Waals surface area contributed by atoms with Crippen LogP contribution in [0.5, 0.6) is 0 Å². The summed E-state index contributed by atoms with van der Waals surface area (Å²) in [5, 5.41) is 4.05. The standard InChI is InChI=1S/C14H18N4O/c1-18(2)9-12-16-13(19-17-12)14(7-8-14)10-3-5-11(15)6-4-10/h3-6H,7-9,15H2,1-2H3. The molecular formula is C14H18N4O. The van der Waals surface area contributed by atoms with Gasteiger partial charge in [0, 0.05) is 5.69 Å². The Morgan fingerprint density at radius 3 is 2.53 bits per heavy atom. The second kappa shape index (κ2) is 4.35. The van der Waals surface area contributed by atoms with E-state index in [0.29, 0.717) is 6.54 Å². The van der Waals surface area contributed by atoms with Gasteiger partial charge in [-0.15, -0.1) is 0 Å². The molecule has 2 aromatic rings. The van der Waals surface area contributed by atoms with Crippen LogP contribution >= 0.6 is 0 Å². The Kier molecular flexibility index (Phi) is 2.78. The largest absolute Gasteiger partial charge is 0.399 e. The zero-order valence-corrected chi connectivity index (χ0v) is 11.3. The number of anilines is 1. The van der Waals surface area contributed by atoms with Crippen LogP contribution in [0.25, 0.3) is 0 Å². The van der Waals surface area contributed by atoms with Crippen molar-refractivity contribution in [2.75, 3.05) is 19.8 Å². The van der Waals surface area contributed by atoms with Crippen LogP contribution in [0.1, 0.15) is 30.1 Å². The van der Waals surface area contributed by atoms with Gasteiger partial charge in [-0.25, -0.2) is 0 Å². The quantitative estimate of drug-likeness (QED) is 0.847. The third kappa shape index (κ3) is 2.21. The summed E-state index contributed by atoms with van der Waals surface area (Å²) in [5.74, 6) is 1.47. The number of nitrogen functional groups attached to an aromatic ring is 1. The first kappa shape index (κ1) is 12.2. The Morgan fingerprint density at radius 2 is 1.95 bits per heavy atom. The van der Waals surface area contributed by atoms with E-state index in [9.17, 15) is 0 Å². The van der Waals surface area contributed by atoms with Gasteiger partial charge in [-0.05, 0) is 44.6 Å². The first-order valence-corrected chi connectivity index (χ1v) is 6.44. The van der Waals surface area contributed by atoms with Gasteiger partial charge in [-0.2, -0.15) is 4.98 Å². The summed E-state index contributed by atoms with van der Waals surface area (Å²) < 4.78 is 5.46. The van der Waals surface area contributed by atoms with Crippen LogP contribution in [0.15, 0.2) is 28.8 Å². The highest BCUT2D eigenvalue weighted by molar-refractivity contribution is 5.45. The molecule has 0 radical (unpaired) electrons. The molecule has 0 spiro atoms. The molecular weight excluding hydrogens is 240 g/mol. The summed E-state index contributed by atoms with van der Waals surface area (Å²) in [7, 11) is 3.98. The van der Waals surface area contributed by atoms with Gasteiger partial charge >= 0.3 is 0 Å². The van der Waals surface area contributed by atoms with Crippen LogP contribution in [0.3, 0.4) is 0 Å². The van der Waals surface area contributed by atoms with E-state index >= 15 is 0 Å². The van der Waals surface area contributed by atoms with Gasteiger partial charge in [0.05, 0.1) is 12.0 Å². The number of nitrogens with two attached hydrogens (primary N) is 1. The van der Waals surface area contributed by atoms with E-state index in [0.717, 1.165) is 30.2 Å². The highest BCUT2D eigenvalue weighted by atomic mass is 16.5. The molecule has 19 heavy (non-hydrogen) atoms. The predicted octanol–water partition coefficient (Wildman–Crippen LogP) is 1.79. The first-order chi connectivity index (χ1) is 9.10. The van der Waals surface area contributed by atoms with Crippen LogP contribution in [-0.2, 0) is 12.0 Å². The van der Waals surface area contributed by atoms with Gasteiger partial charge in [-0.3, -0.25) is 0 Å². The molecule has 1 fully saturated rings. The monoisotopic (exact) mass is 258 g/mol. The van der Waals surface area contributed by atoms with Crippen LogP contribution in [0.4, 0.5) is 5.69 Å². The van der Waals surface area contributed by atoms with Crippen molar-refractivity contribution in [2.45, 2.75) is 24.8 Å². The third-order valence-electron chi connectivity index (χ3n) is 3.55. The molecule has 1 aliphatic carbocycles. The topological polar surface area (TPSA) is 68.2 Å². The average Bonchev–Trinajstić information content (AvgIpc) is 3.05. The van der Waals surface area contributed by atoms with Crippen LogP contribution < -0.4 is 5.73 Å². The number of benzene rings is 1. The molecule has 0 aliphatic heterocycles. The molecule has 5 nitrogen and oxygen atoms in total. The zero-order valence-electron chi connectivity index (χ0n) is 11.3. The minimum atomic E-state index is -0.0781. The summed E-state index contributed by atoms with van der Waals surface area (Å²) in [6, 6.07) is 7.95. The Labute approximate surface area is 112 Å². The fourth-order valence-electron chi connectivity index (χ4n) is 2.35. The van der Waals surface area contributed by atoms with E-state index in [2.05, 4.69) is 22.3 Å². The third-order valence-corrected chi connectivity index (χ3v) is 3.55. The van der Waals surface area contributed by atoms with Crippen molar-refractivity contribution < 1.29 is 4.52 Å². The summed E-state index contributed by atoms with van der Waals surface area (Å²) in [6.07, 6.45) is 2.11. The van der Waals surface area contributed by atoms with Crippen molar-refractivity contribution in [1.29, 1.82) is 0 Å². The molecule has 0 unspecified atom stereocenters. The first-order valence-electron chi connectivity index (χ1n) is 6.44. The van der Waals surface area contributed by atoms with Gasteiger partial charge in [0.2, 0.25) is 5.89 Å². The number of hydrogen-bond acceptors (Lipinski definition) is 5. The average molecular weight is 258 g/mol. The smallest absolute Gasteiger partial charge is 0.237 e. The Hall–Kier alpha value is -1.88. The molecule has 100 valence electrons. The fraction of sp³-hybridized carbons (Fsp3) is 0.429. The van der Waals surface area contributed by atoms with Gasteiger partial charge in [0.1, 0.15) is 0 Å². The van der Waals surface area contributed by atoms with E-state index in [4.69, 9.17) is 10.3 Å². The maximum atomic E-state index is 5.73. The molecule has 1 aromatic carbocycles. The van der Waals surface area contributed by atoms with Crippen LogP contribution in [0.2, 0.25) is 0 Å². The summed E-state index contributed by atoms with van der Waals surface area (Å²) >= 11 is 0. The normalized spacial score (nSPS) is 16.8. The Morgan fingerprint density at radius 1 is 1.26 bits per heavy atom. The minimum Gasteiger partial charge on any atom is -0.399 e. The maximum Gasteiger partial charge on any atom is 0.237 e. The van der Waals surface area contributed by atoms with Crippen LogP contribution in [-0.4, -0.2) is 29.1 Å². The molecule has 0 saturated heterocycles. The molecule has 0 amide bonds. The van der Waals surface area contributed by atoms with Gasteiger partial charge in [0.15, 0.2) is 5.82 Å². The van der Waals surface area contributed by atoms with E-state index in [-0.39, 0.29) is 5.41 Å². The molecule has 2 N–H and O–H groups in total. The maximum absolute atomic E-state index is 5.73. The molecule has 0 bridgehead atoms. The molecule has 5 heteroatoms. The molecule has 1 heterocycles. The Bertz CT molecular complexity index is 569. The van der Waals surface area contributed by atoms with Crippen molar-refractivity contribution in [3.05, 3.63) is 41.5 Å². The number of nitrogens with zero attached hydrogens (tertiary/aromatic N) is 3. The van der Waals surface area contributed by atoms with Gasteiger partial charge in [0.25, 0.3) is 0 Å². The number of hydrogen-bond donors (Lipinski definition) is 1. The van der Waals surface area contributed by atoms with Crippen molar-refractivity contribution in [3.8, 4) is 0 Å². The van der Waals surface area contributed by atoms with Crippen molar-refractivity contribution >= 4 is 5.69 Å². The SMILES string of the molecule is CN(C)Cc1noc(C2(c3ccc(N)cc3)CC2)n1. The molecule has 3 rings (SSSR count). The minimum absolute atomic E-state index is 0.0781. The van der Waals surface area contributed by atoms with Crippen molar-refractivity contribution in [3.63, 3.8) is 0 Å². The van der Waals surface area contributed by atoms with Crippen molar-refractivity contribution in [1.82, 2.24) is 15.0 Å². The second-order valence-corrected chi connectivity index (χ2v) is 5.46. The Balaban J connectivity index is 1.88. The summed E-state index contributed by atoms with van der Waals surface area (Å²) in [6.45, 7) is 0.696. The van der Waals surface area contributed by atoms with Gasteiger partial charge in [-0.1, -0.05) is 17.3 Å². The highest BCUT2D eigenvalue weighted by Gasteiger charge is 2.50. The lowest BCUT2D eigenvalue weighted by Gasteiger charge is -2.10.